The molecule has 0 aromatic rings. The third-order valence-corrected chi connectivity index (χ3v) is 0. The van der Waals surface area contributed by atoms with Gasteiger partial charge in [-0.25, -0.2) is 0 Å². The van der Waals surface area contributed by atoms with Gasteiger partial charge in [-0.2, -0.15) is 0 Å². The van der Waals surface area contributed by atoms with Gasteiger partial charge in [0.05, 0.1) is 0 Å². The van der Waals surface area contributed by atoms with Gasteiger partial charge < -0.3 is 27.4 Å². The van der Waals surface area contributed by atoms with E-state index in [0.29, 0.717) is 0 Å². The third kappa shape index (κ3) is 181. The summed E-state index contributed by atoms with van der Waals surface area (Å²) in [7, 11) is 0. The van der Waals surface area contributed by atoms with E-state index in [1.807, 2.05) is 0 Å². The van der Waals surface area contributed by atoms with Crippen LogP contribution in [0.15, 0.2) is 0 Å². The van der Waals surface area contributed by atoms with Crippen molar-refractivity contribution in [2.45, 2.75) is 0 Å². The van der Waals surface area contributed by atoms with Gasteiger partial charge >= 0.3 is 23.1 Å². The normalized spacial score (nSPS) is 0. The molecular formula is H8MgO5. The molecule has 0 rings (SSSR count). The van der Waals surface area contributed by atoms with Crippen LogP contribution in [0.2, 0.25) is 0 Å². The zero-order chi connectivity index (χ0) is 0. The molecule has 40 valence electrons. The Kier molecular flexibility index (Phi) is 38300. The first-order valence-corrected chi connectivity index (χ1v) is 0. The van der Waals surface area contributed by atoms with Crippen molar-refractivity contribution in [3.63, 3.8) is 0 Å². The summed E-state index contributed by atoms with van der Waals surface area (Å²) in [5.74, 6) is 0. The van der Waals surface area contributed by atoms with Gasteiger partial charge in [-0.05, 0) is 0 Å². The van der Waals surface area contributed by atoms with Crippen LogP contribution in [0.25, 0.3) is 0 Å². The van der Waals surface area contributed by atoms with Crippen LogP contribution in [0.3, 0.4) is 0 Å². The van der Waals surface area contributed by atoms with Crippen molar-refractivity contribution in [3.05, 3.63) is 0 Å². The Morgan fingerprint density at radius 2 is 0.500 bits per heavy atom. The molecule has 0 saturated carbocycles. The fourth-order valence-corrected chi connectivity index (χ4v) is 0. The minimum absolute atomic E-state index is 0. The van der Waals surface area contributed by atoms with E-state index in [1.165, 1.54) is 0 Å². The molecule has 5 nitrogen and oxygen atoms in total. The van der Waals surface area contributed by atoms with Gasteiger partial charge in [0.25, 0.3) is 0 Å². The molecule has 0 spiro atoms. The van der Waals surface area contributed by atoms with Crippen LogP contribution in [-0.4, -0.2) is 45.0 Å². The molecular weight excluding hydrogens is 104 g/mol. The first-order chi connectivity index (χ1) is 0. The van der Waals surface area contributed by atoms with Gasteiger partial charge in [-0.3, -0.25) is 0 Å². The van der Waals surface area contributed by atoms with Crippen molar-refractivity contribution in [2.24, 2.45) is 0 Å². The van der Waals surface area contributed by atoms with Crippen molar-refractivity contribution >= 4 is 23.1 Å². The monoisotopic (exact) mass is 112 g/mol. The third-order valence-electron chi connectivity index (χ3n) is 0. The van der Waals surface area contributed by atoms with Gasteiger partial charge in [-0.1, -0.05) is 0 Å². The van der Waals surface area contributed by atoms with Gasteiger partial charge in [0.2, 0.25) is 0 Å². The largest absolute Gasteiger partial charge is 2.00 e. The van der Waals surface area contributed by atoms with E-state index in [-0.39, 0.29) is 50.4 Å². The average Bonchev–Trinajstić information content (AvgIpc) is 0. The number of hydrogen-bond acceptors (Lipinski definition) is 0. The Morgan fingerprint density at radius 3 is 0.500 bits per heavy atom. The molecule has 0 aliphatic carbocycles. The Labute approximate surface area is 51.0 Å². The topological polar surface area (TPSA) is 154 Å². The first-order valence-electron chi connectivity index (χ1n) is 0. The van der Waals surface area contributed by atoms with Crippen LogP contribution < -0.4 is 0 Å². The molecule has 0 aromatic heterocycles. The maximum Gasteiger partial charge on any atom is 2.00 e. The zero-order valence-electron chi connectivity index (χ0n) is 3.12. The molecule has 0 bridgehead atoms. The van der Waals surface area contributed by atoms with Crippen molar-refractivity contribution < 1.29 is 27.4 Å². The number of hydrogen-bond donors (Lipinski definition) is 0. The minimum atomic E-state index is 0. The van der Waals surface area contributed by atoms with Crippen LogP contribution in [0.5, 0.6) is 0 Å². The molecule has 0 unspecified atom stereocenters. The van der Waals surface area contributed by atoms with Crippen LogP contribution >= 0.6 is 0 Å². The van der Waals surface area contributed by atoms with Crippen molar-refractivity contribution in [1.82, 2.24) is 0 Å². The molecule has 0 heterocycles. The quantitative estimate of drug-likeness (QED) is 0.282. The maximum absolute atomic E-state index is 0. The Hall–Kier alpha value is 0.566. The van der Waals surface area contributed by atoms with Gasteiger partial charge in [-0.15, -0.1) is 0 Å². The summed E-state index contributed by atoms with van der Waals surface area (Å²) in [6, 6.07) is 0. The van der Waals surface area contributed by atoms with Crippen LogP contribution in [0.1, 0.15) is 0 Å². The van der Waals surface area contributed by atoms with Crippen LogP contribution in [0.4, 0.5) is 0 Å². The molecule has 0 aliphatic heterocycles. The summed E-state index contributed by atoms with van der Waals surface area (Å²) in [5, 5.41) is 0. The molecule has 0 saturated heterocycles. The Bertz CT molecular complexity index is 3.90. The summed E-state index contributed by atoms with van der Waals surface area (Å²) < 4.78 is 0. The second-order valence-corrected chi connectivity index (χ2v) is 0. The maximum atomic E-state index is 0. The Balaban J connectivity index is 0. The molecule has 0 amide bonds. The van der Waals surface area contributed by atoms with E-state index >= 15 is 0 Å². The van der Waals surface area contributed by atoms with E-state index in [9.17, 15) is 0 Å². The fourth-order valence-electron chi connectivity index (χ4n) is 0. The van der Waals surface area contributed by atoms with E-state index in [4.69, 9.17) is 0 Å². The van der Waals surface area contributed by atoms with Gasteiger partial charge in [0.15, 0.2) is 0 Å². The molecule has 0 fully saturated rings. The molecule has 0 radical (unpaired) electrons. The first kappa shape index (κ1) is 635. The summed E-state index contributed by atoms with van der Waals surface area (Å²) in [6.07, 6.45) is 0. The zero-order valence-corrected chi connectivity index (χ0v) is 4.53. The van der Waals surface area contributed by atoms with Crippen LogP contribution in [-0.2, 0) is 5.48 Å². The van der Waals surface area contributed by atoms with Crippen LogP contribution in [0, 0.1) is 0 Å². The van der Waals surface area contributed by atoms with E-state index in [1.54, 1.807) is 0 Å². The van der Waals surface area contributed by atoms with Crippen molar-refractivity contribution in [1.29, 1.82) is 0 Å². The molecule has 0 atom stereocenters. The molecule has 0 aromatic carbocycles. The van der Waals surface area contributed by atoms with Gasteiger partial charge in [0, 0.05) is 0 Å². The SMILES string of the molecule is O.O.O.O.[Mg+2].[O-2]. The molecule has 6 heavy (non-hydrogen) atoms. The summed E-state index contributed by atoms with van der Waals surface area (Å²) in [4.78, 5) is 0. The summed E-state index contributed by atoms with van der Waals surface area (Å²) in [6.45, 7) is 0. The second kappa shape index (κ2) is 362. The predicted octanol–water partition coefficient (Wildman–Crippen LogP) is -3.80. The van der Waals surface area contributed by atoms with Crippen molar-refractivity contribution in [3.8, 4) is 0 Å². The molecule has 8 N–H and O–H groups in total. The fraction of sp³-hybridized carbons (Fsp3) is 0. The molecule has 0 aliphatic rings. The summed E-state index contributed by atoms with van der Waals surface area (Å²) in [5.41, 5.74) is 0. The van der Waals surface area contributed by atoms with Crippen molar-refractivity contribution in [2.75, 3.05) is 0 Å². The van der Waals surface area contributed by atoms with E-state index in [0.717, 1.165) is 0 Å². The Morgan fingerprint density at radius 1 is 0.500 bits per heavy atom. The van der Waals surface area contributed by atoms with Gasteiger partial charge in [0.1, 0.15) is 0 Å². The van der Waals surface area contributed by atoms with E-state index < -0.39 is 0 Å². The smallest absolute Gasteiger partial charge is 2.00 e. The average molecular weight is 112 g/mol. The predicted molar refractivity (Wildman–Crippen MR) is 20.9 cm³/mol. The summed E-state index contributed by atoms with van der Waals surface area (Å²) >= 11 is 0. The molecule has 6 heteroatoms. The standard InChI is InChI=1S/Mg.4H2O.O/h;4*1H2;/q+2;;;;;-2. The second-order valence-electron chi connectivity index (χ2n) is 0. The minimum Gasteiger partial charge on any atom is -2.00 e. The van der Waals surface area contributed by atoms with E-state index in [2.05, 4.69) is 0 Å². The number of rotatable bonds is 0.